The normalized spacial score (nSPS) is 16.6. The second-order valence-electron chi connectivity index (χ2n) is 10.9. The molecule has 1 fully saturated rings. The zero-order chi connectivity index (χ0) is 28.5. The molecule has 210 valence electrons. The van der Waals surface area contributed by atoms with Crippen LogP contribution in [0.25, 0.3) is 21.9 Å². The Morgan fingerprint density at radius 1 is 1.05 bits per heavy atom. The van der Waals surface area contributed by atoms with E-state index in [4.69, 9.17) is 15.9 Å². The van der Waals surface area contributed by atoms with Crippen molar-refractivity contribution >= 4 is 49.2 Å². The first-order valence-electron chi connectivity index (χ1n) is 13.1. The molecule has 0 bridgehead atoms. The van der Waals surface area contributed by atoms with Crippen LogP contribution in [0, 0.1) is 11.8 Å². The number of amides is 1. The molecule has 1 atom stereocenters. The Kier molecular flexibility index (Phi) is 8.27. The van der Waals surface area contributed by atoms with Crippen molar-refractivity contribution in [2.24, 2.45) is 23.3 Å². The molecule has 1 aliphatic rings. The topological polar surface area (TPSA) is 166 Å². The molecule has 1 aromatic heterocycles. The molecule has 0 spiro atoms. The summed E-state index contributed by atoms with van der Waals surface area (Å²) in [6, 6.07) is 10.3. The van der Waals surface area contributed by atoms with Gasteiger partial charge in [0.15, 0.2) is 11.6 Å². The van der Waals surface area contributed by atoms with E-state index in [1.54, 1.807) is 24.3 Å². The summed E-state index contributed by atoms with van der Waals surface area (Å²) >= 11 is 0. The van der Waals surface area contributed by atoms with Gasteiger partial charge in [0, 0.05) is 16.7 Å². The van der Waals surface area contributed by atoms with E-state index in [9.17, 15) is 22.8 Å². The number of furan rings is 1. The zero-order valence-corrected chi connectivity index (χ0v) is 23.3. The Bertz CT molecular complexity index is 1500. The van der Waals surface area contributed by atoms with E-state index in [1.165, 1.54) is 18.2 Å². The highest BCUT2D eigenvalue weighted by atomic mass is 32.2. The average molecular weight is 557 g/mol. The van der Waals surface area contributed by atoms with Gasteiger partial charge in [-0.1, -0.05) is 32.0 Å². The number of likely N-dealkylation sites (tertiary alicyclic amines) is 1. The number of carbonyl (C=O) groups excluding carboxylic acids is 3. The molecule has 1 saturated heterocycles. The number of nitrogens with two attached hydrogens (primary N) is 2. The van der Waals surface area contributed by atoms with Crippen molar-refractivity contribution in [2.45, 2.75) is 55.5 Å². The van der Waals surface area contributed by atoms with E-state index < -0.39 is 38.9 Å². The molecule has 0 radical (unpaired) electrons. The van der Waals surface area contributed by atoms with Gasteiger partial charge in [0.2, 0.25) is 20.7 Å². The zero-order valence-electron chi connectivity index (χ0n) is 22.5. The largest absolute Gasteiger partial charge is 0.456 e. The van der Waals surface area contributed by atoms with Gasteiger partial charge < -0.3 is 14.6 Å². The molecular formula is C28H36N4O6S. The number of hydrogen-bond acceptors (Lipinski definition) is 9. The standard InChI is InChI=1S/C28H36N4O6S/c1-17(2)14-22(31-27(35)18-10-12-32(3)13-11-18)23(33)16-26(34)28(29,30)39(36,37)19-8-9-25-21(15-19)20-6-4-5-7-24(20)38-25/h4-9,15,17-18,22H,10-14,16,29-30H2,1-3H3,(H,31,35)/t22-/m0/s1. The van der Waals surface area contributed by atoms with E-state index in [0.717, 1.165) is 13.1 Å². The fourth-order valence-electron chi connectivity index (χ4n) is 4.94. The van der Waals surface area contributed by atoms with Crippen molar-refractivity contribution in [2.75, 3.05) is 20.1 Å². The minimum Gasteiger partial charge on any atom is -0.456 e. The molecule has 0 aliphatic carbocycles. The van der Waals surface area contributed by atoms with E-state index in [-0.39, 0.29) is 22.6 Å². The number of fused-ring (bicyclic) bond motifs is 3. The highest BCUT2D eigenvalue weighted by Crippen LogP contribution is 2.32. The lowest BCUT2D eigenvalue weighted by atomic mass is 9.93. The number of Topliss-reactive ketones (excluding diaryl/α,β-unsaturated/α-hetero) is 2. The summed E-state index contributed by atoms with van der Waals surface area (Å²) in [5.41, 5.74) is 13.0. The third-order valence-electron chi connectivity index (χ3n) is 7.38. The predicted octanol–water partition coefficient (Wildman–Crippen LogP) is 2.33. The number of rotatable bonds is 10. The summed E-state index contributed by atoms with van der Waals surface area (Å²) in [6.07, 6.45) is 0.817. The first-order valence-corrected chi connectivity index (χ1v) is 14.6. The van der Waals surface area contributed by atoms with Crippen LogP contribution < -0.4 is 16.8 Å². The molecule has 11 heteroatoms. The average Bonchev–Trinajstić information content (AvgIpc) is 3.26. The molecule has 1 amide bonds. The predicted molar refractivity (Wildman–Crippen MR) is 148 cm³/mol. The number of ketones is 2. The second kappa shape index (κ2) is 11.2. The van der Waals surface area contributed by atoms with Crippen LogP contribution in [0.1, 0.15) is 39.5 Å². The number of piperidine rings is 1. The highest BCUT2D eigenvalue weighted by molar-refractivity contribution is 7.93. The SMILES string of the molecule is CC(C)C[C@H](NC(=O)C1CCN(C)CC1)C(=O)CC(=O)C(N)(N)S(=O)(=O)c1ccc2oc3ccccc3c2c1. The number of para-hydroxylation sites is 1. The molecule has 2 aromatic carbocycles. The number of hydrogen-bond donors (Lipinski definition) is 3. The van der Waals surface area contributed by atoms with Crippen LogP contribution in [-0.2, 0) is 24.2 Å². The van der Waals surface area contributed by atoms with Gasteiger partial charge in [-0.25, -0.2) is 8.42 Å². The lowest BCUT2D eigenvalue weighted by Crippen LogP contribution is -2.63. The molecule has 4 rings (SSSR count). The Hall–Kier alpha value is -3.12. The van der Waals surface area contributed by atoms with E-state index in [2.05, 4.69) is 10.2 Å². The first kappa shape index (κ1) is 28.9. The van der Waals surface area contributed by atoms with Crippen molar-refractivity contribution in [3.8, 4) is 0 Å². The van der Waals surface area contributed by atoms with E-state index >= 15 is 0 Å². The van der Waals surface area contributed by atoms with Crippen molar-refractivity contribution in [1.29, 1.82) is 0 Å². The van der Waals surface area contributed by atoms with Crippen LogP contribution in [0.3, 0.4) is 0 Å². The summed E-state index contributed by atoms with van der Waals surface area (Å²) in [6.45, 7) is 5.33. The molecule has 39 heavy (non-hydrogen) atoms. The van der Waals surface area contributed by atoms with Gasteiger partial charge in [-0.15, -0.1) is 0 Å². The smallest absolute Gasteiger partial charge is 0.233 e. The molecule has 0 saturated carbocycles. The fraction of sp³-hybridized carbons (Fsp3) is 0.464. The van der Waals surface area contributed by atoms with Crippen molar-refractivity contribution in [3.63, 3.8) is 0 Å². The van der Waals surface area contributed by atoms with Gasteiger partial charge >= 0.3 is 0 Å². The number of nitrogens with zero attached hydrogens (tertiary/aromatic N) is 1. The van der Waals surface area contributed by atoms with Gasteiger partial charge in [-0.3, -0.25) is 25.9 Å². The second-order valence-corrected chi connectivity index (χ2v) is 13.0. The summed E-state index contributed by atoms with van der Waals surface area (Å²) in [5.74, 6) is -2.20. The van der Waals surface area contributed by atoms with Crippen LogP contribution in [0.15, 0.2) is 51.8 Å². The van der Waals surface area contributed by atoms with Crippen LogP contribution in [0.4, 0.5) is 0 Å². The first-order chi connectivity index (χ1) is 18.3. The lowest BCUT2D eigenvalue weighted by Gasteiger charge is -2.30. The minimum absolute atomic E-state index is 0.0348. The van der Waals surface area contributed by atoms with Gasteiger partial charge in [-0.2, -0.15) is 0 Å². The fourth-order valence-corrected chi connectivity index (χ4v) is 6.22. The molecule has 3 aromatic rings. The number of nitrogens with one attached hydrogen (secondary N) is 1. The van der Waals surface area contributed by atoms with Crippen molar-refractivity contribution < 1.29 is 27.2 Å². The van der Waals surface area contributed by atoms with Crippen LogP contribution in [-0.4, -0.2) is 62.0 Å². The van der Waals surface area contributed by atoms with Crippen LogP contribution in [0.5, 0.6) is 0 Å². The number of carbonyl (C=O) groups is 3. The number of benzene rings is 2. The molecule has 5 N–H and O–H groups in total. The molecule has 1 aliphatic heterocycles. The summed E-state index contributed by atoms with van der Waals surface area (Å²) in [7, 11) is -2.61. The Labute approximate surface area is 228 Å². The van der Waals surface area contributed by atoms with Gasteiger partial charge in [-0.05, 0) is 69.6 Å². The van der Waals surface area contributed by atoms with Crippen molar-refractivity contribution in [3.05, 3.63) is 42.5 Å². The van der Waals surface area contributed by atoms with Crippen molar-refractivity contribution in [1.82, 2.24) is 10.2 Å². The number of sulfone groups is 1. The third-order valence-corrected chi connectivity index (χ3v) is 9.37. The Morgan fingerprint density at radius 2 is 1.69 bits per heavy atom. The van der Waals surface area contributed by atoms with E-state index in [1.807, 2.05) is 20.9 Å². The quantitative estimate of drug-likeness (QED) is 0.251. The maximum absolute atomic E-state index is 13.5. The highest BCUT2D eigenvalue weighted by Gasteiger charge is 2.45. The monoisotopic (exact) mass is 556 g/mol. The van der Waals surface area contributed by atoms with E-state index in [0.29, 0.717) is 41.2 Å². The van der Waals surface area contributed by atoms with Gasteiger partial charge in [0.05, 0.1) is 17.4 Å². The summed E-state index contributed by atoms with van der Waals surface area (Å²) < 4.78 is 32.6. The molecular weight excluding hydrogens is 520 g/mol. The summed E-state index contributed by atoms with van der Waals surface area (Å²) in [4.78, 5) is 38.2. The third kappa shape index (κ3) is 5.91. The van der Waals surface area contributed by atoms with Crippen LogP contribution >= 0.6 is 0 Å². The minimum atomic E-state index is -4.60. The Balaban J connectivity index is 1.53. The molecule has 10 nitrogen and oxygen atoms in total. The van der Waals surface area contributed by atoms with Gasteiger partial charge in [0.1, 0.15) is 11.2 Å². The van der Waals surface area contributed by atoms with Crippen LogP contribution in [0.2, 0.25) is 0 Å². The Morgan fingerprint density at radius 3 is 2.36 bits per heavy atom. The maximum atomic E-state index is 13.5. The maximum Gasteiger partial charge on any atom is 0.233 e. The molecule has 0 unspecified atom stereocenters. The molecule has 2 heterocycles. The van der Waals surface area contributed by atoms with Gasteiger partial charge in [0.25, 0.3) is 0 Å². The summed E-state index contributed by atoms with van der Waals surface area (Å²) in [5, 5.41) is 4.02. The lowest BCUT2D eigenvalue weighted by molar-refractivity contribution is -0.134.